The van der Waals surface area contributed by atoms with Crippen LogP contribution in [0.15, 0.2) is 223 Å². The van der Waals surface area contributed by atoms with Crippen LogP contribution < -0.4 is 4.90 Å². The molecule has 13 aromatic rings. The molecule has 1 aliphatic carbocycles. The van der Waals surface area contributed by atoms with Gasteiger partial charge in [-0.25, -0.2) is 0 Å². The number of benzene rings is 10. The third kappa shape index (κ3) is 5.63. The van der Waals surface area contributed by atoms with Gasteiger partial charge in [0.25, 0.3) is 0 Å². The Bertz CT molecular complexity index is 4110. The van der Waals surface area contributed by atoms with Crippen molar-refractivity contribution in [3.05, 3.63) is 230 Å². The Morgan fingerprint density at radius 2 is 1.10 bits per heavy atom. The normalized spacial score (nSPS) is 13.0. The van der Waals surface area contributed by atoms with E-state index >= 15 is 0 Å². The molecule has 316 valence electrons. The second-order valence-corrected chi connectivity index (χ2v) is 19.5. The van der Waals surface area contributed by atoms with Gasteiger partial charge in [-0.2, -0.15) is 0 Å². The molecule has 0 fully saturated rings. The van der Waals surface area contributed by atoms with Gasteiger partial charge in [-0.05, 0) is 112 Å². The summed E-state index contributed by atoms with van der Waals surface area (Å²) in [4.78, 5) is 2.49. The topological polar surface area (TPSA) is 21.3 Å². The summed E-state index contributed by atoms with van der Waals surface area (Å²) in [6, 6.07) is 80.3. The summed E-state index contributed by atoms with van der Waals surface area (Å²) in [7, 11) is 0. The SMILES string of the molecule is CC1(C)c2ccccc2-c2ccc(-c3ccccc3N(c3ccc4sc5ccccc5c4c3)c3ccc4c(oc5ccccc54)c3-c3cccc(-n4c5ccccc5c5ccccc54)c3)cc21. The molecule has 0 aliphatic heterocycles. The highest BCUT2D eigenvalue weighted by Crippen LogP contribution is 2.53. The molecule has 1 aliphatic rings. The summed E-state index contributed by atoms with van der Waals surface area (Å²) in [5.41, 5.74) is 18.0. The van der Waals surface area contributed by atoms with Gasteiger partial charge in [0, 0.05) is 69.6 Å². The third-order valence-electron chi connectivity index (χ3n) is 14.4. The molecule has 0 N–H and O–H groups in total. The fourth-order valence-electron chi connectivity index (χ4n) is 11.3. The van der Waals surface area contributed by atoms with Gasteiger partial charge in [-0.1, -0.05) is 153 Å². The van der Waals surface area contributed by atoms with Crippen molar-refractivity contribution in [3.63, 3.8) is 0 Å². The van der Waals surface area contributed by atoms with Crippen LogP contribution in [0.2, 0.25) is 0 Å². The van der Waals surface area contributed by atoms with E-state index in [1.54, 1.807) is 0 Å². The predicted octanol–water partition coefficient (Wildman–Crippen LogP) is 18.2. The van der Waals surface area contributed by atoms with Crippen molar-refractivity contribution >= 4 is 92.3 Å². The van der Waals surface area contributed by atoms with Crippen molar-refractivity contribution in [2.24, 2.45) is 0 Å². The number of aromatic nitrogens is 1. The number of thiophene rings is 1. The Hall–Kier alpha value is -8.18. The highest BCUT2D eigenvalue weighted by molar-refractivity contribution is 7.25. The van der Waals surface area contributed by atoms with E-state index in [0.717, 1.165) is 61.4 Å². The van der Waals surface area contributed by atoms with Crippen molar-refractivity contribution in [2.75, 3.05) is 4.90 Å². The summed E-state index contributed by atoms with van der Waals surface area (Å²) in [5.74, 6) is 0. The minimum absolute atomic E-state index is 0.136. The zero-order valence-corrected chi connectivity index (χ0v) is 37.8. The molecule has 0 spiro atoms. The first-order valence-corrected chi connectivity index (χ1v) is 23.9. The molecular formula is C63H42N2OS. The molecular weight excluding hydrogens is 833 g/mol. The zero-order chi connectivity index (χ0) is 44.4. The summed E-state index contributed by atoms with van der Waals surface area (Å²) in [6.45, 7) is 4.73. The molecule has 67 heavy (non-hydrogen) atoms. The van der Waals surface area contributed by atoms with Gasteiger partial charge >= 0.3 is 0 Å². The molecule has 0 radical (unpaired) electrons. The molecule has 4 heteroatoms. The van der Waals surface area contributed by atoms with E-state index in [1.807, 2.05) is 11.3 Å². The zero-order valence-electron chi connectivity index (χ0n) is 37.0. The number of hydrogen-bond acceptors (Lipinski definition) is 3. The Morgan fingerprint density at radius 1 is 0.433 bits per heavy atom. The van der Waals surface area contributed by atoms with Crippen molar-refractivity contribution < 1.29 is 4.42 Å². The summed E-state index contributed by atoms with van der Waals surface area (Å²) < 4.78 is 12.0. The maximum Gasteiger partial charge on any atom is 0.145 e. The van der Waals surface area contributed by atoms with Gasteiger partial charge in [0.15, 0.2) is 0 Å². The summed E-state index contributed by atoms with van der Waals surface area (Å²) in [6.07, 6.45) is 0. The predicted molar refractivity (Wildman–Crippen MR) is 284 cm³/mol. The van der Waals surface area contributed by atoms with E-state index in [9.17, 15) is 0 Å². The number of para-hydroxylation sites is 4. The lowest BCUT2D eigenvalue weighted by atomic mass is 9.81. The highest BCUT2D eigenvalue weighted by Gasteiger charge is 2.36. The van der Waals surface area contributed by atoms with Crippen molar-refractivity contribution in [2.45, 2.75) is 19.3 Å². The largest absolute Gasteiger partial charge is 0.455 e. The molecule has 14 rings (SSSR count). The van der Waals surface area contributed by atoms with E-state index in [0.29, 0.717) is 0 Å². The van der Waals surface area contributed by atoms with Crippen LogP contribution >= 0.6 is 11.3 Å². The molecule has 0 amide bonds. The molecule has 3 aromatic heterocycles. The van der Waals surface area contributed by atoms with Gasteiger partial charge in [-0.3, -0.25) is 0 Å². The van der Waals surface area contributed by atoms with Crippen molar-refractivity contribution in [1.29, 1.82) is 0 Å². The van der Waals surface area contributed by atoms with Crippen LogP contribution in [0.5, 0.6) is 0 Å². The second kappa shape index (κ2) is 14.4. The minimum atomic E-state index is -0.136. The van der Waals surface area contributed by atoms with E-state index in [4.69, 9.17) is 4.42 Å². The second-order valence-electron chi connectivity index (χ2n) is 18.4. The van der Waals surface area contributed by atoms with E-state index < -0.39 is 0 Å². The lowest BCUT2D eigenvalue weighted by molar-refractivity contribution is 0.660. The smallest absolute Gasteiger partial charge is 0.145 e. The highest BCUT2D eigenvalue weighted by atomic mass is 32.1. The van der Waals surface area contributed by atoms with Crippen LogP contribution in [0, 0.1) is 0 Å². The van der Waals surface area contributed by atoms with Crippen LogP contribution in [-0.2, 0) is 5.41 Å². The molecule has 3 nitrogen and oxygen atoms in total. The lowest BCUT2D eigenvalue weighted by Crippen LogP contribution is -2.15. The minimum Gasteiger partial charge on any atom is -0.455 e. The first kappa shape index (κ1) is 38.1. The molecule has 3 heterocycles. The van der Waals surface area contributed by atoms with Gasteiger partial charge < -0.3 is 13.9 Å². The van der Waals surface area contributed by atoms with Gasteiger partial charge in [0.1, 0.15) is 11.2 Å². The monoisotopic (exact) mass is 874 g/mol. The summed E-state index contributed by atoms with van der Waals surface area (Å²) >= 11 is 1.85. The van der Waals surface area contributed by atoms with Crippen LogP contribution in [0.25, 0.3) is 103 Å². The quantitative estimate of drug-likeness (QED) is 0.166. The summed E-state index contributed by atoms with van der Waals surface area (Å²) in [5, 5.41) is 7.18. The van der Waals surface area contributed by atoms with E-state index in [2.05, 4.69) is 242 Å². The molecule has 0 unspecified atom stereocenters. The standard InChI is InChI=1S/C63H42N2OS/c1-63(2)52-24-9-3-19-44(52)45-32-30-39(37-53(45)63)43-18-4-10-25-54(43)65(42-31-35-60-51(38-42)49-23-8-14-29-59(49)67-60)57-34-33-50-48-22-7-13-28-58(48)66-62(50)61(57)40-16-15-17-41(36-40)64-55-26-11-5-20-46(55)47-21-6-12-27-56(47)64/h3-38H,1-2H3. The Labute approximate surface area is 392 Å². The van der Waals surface area contributed by atoms with Crippen LogP contribution in [0.4, 0.5) is 17.1 Å². The van der Waals surface area contributed by atoms with Gasteiger partial charge in [-0.15, -0.1) is 11.3 Å². The Balaban J connectivity index is 1.06. The van der Waals surface area contributed by atoms with Gasteiger partial charge in [0.2, 0.25) is 0 Å². The number of nitrogens with zero attached hydrogens (tertiary/aromatic N) is 2. The number of hydrogen-bond donors (Lipinski definition) is 0. The first-order valence-electron chi connectivity index (χ1n) is 23.1. The van der Waals surface area contributed by atoms with Crippen molar-refractivity contribution in [3.8, 4) is 39.1 Å². The molecule has 0 bridgehead atoms. The molecule has 0 saturated carbocycles. The van der Waals surface area contributed by atoms with E-state index in [1.165, 1.54) is 69.8 Å². The van der Waals surface area contributed by atoms with Crippen LogP contribution in [0.3, 0.4) is 0 Å². The maximum atomic E-state index is 7.07. The first-order chi connectivity index (χ1) is 33.0. The fraction of sp³-hybridized carbons (Fsp3) is 0.0476. The average molecular weight is 875 g/mol. The Kier molecular flexibility index (Phi) is 8.20. The van der Waals surface area contributed by atoms with Gasteiger partial charge in [0.05, 0.1) is 22.4 Å². The Morgan fingerprint density at radius 3 is 1.94 bits per heavy atom. The van der Waals surface area contributed by atoms with Crippen molar-refractivity contribution in [1.82, 2.24) is 4.57 Å². The number of furan rings is 1. The molecule has 0 atom stereocenters. The third-order valence-corrected chi connectivity index (χ3v) is 15.5. The number of rotatable bonds is 6. The van der Waals surface area contributed by atoms with Crippen LogP contribution in [0.1, 0.15) is 25.0 Å². The molecule has 0 saturated heterocycles. The van der Waals surface area contributed by atoms with E-state index in [-0.39, 0.29) is 5.41 Å². The number of fused-ring (bicyclic) bond motifs is 12. The lowest BCUT2D eigenvalue weighted by Gasteiger charge is -2.30. The molecule has 10 aromatic carbocycles. The average Bonchev–Trinajstić information content (AvgIpc) is 4.11. The fourth-order valence-corrected chi connectivity index (χ4v) is 12.4. The maximum absolute atomic E-state index is 7.07. The van der Waals surface area contributed by atoms with Crippen LogP contribution in [-0.4, -0.2) is 4.57 Å². The number of anilines is 3.